The lowest BCUT2D eigenvalue weighted by Crippen LogP contribution is -2.14. The van der Waals surface area contributed by atoms with E-state index in [1.165, 1.54) is 54.9 Å². The van der Waals surface area contributed by atoms with Gasteiger partial charge in [0.15, 0.2) is 11.6 Å². The van der Waals surface area contributed by atoms with Crippen LogP contribution in [-0.4, -0.2) is 19.5 Å². The molecule has 0 radical (unpaired) electrons. The molecule has 1 aliphatic carbocycles. The monoisotopic (exact) mass is 690 g/mol. The van der Waals surface area contributed by atoms with Gasteiger partial charge in [0, 0.05) is 27.3 Å². The van der Waals surface area contributed by atoms with Gasteiger partial charge >= 0.3 is 0 Å². The molecule has 0 unspecified atom stereocenters. The second-order valence-electron chi connectivity index (χ2n) is 14.9. The quantitative estimate of drug-likeness (QED) is 0.185. The van der Waals surface area contributed by atoms with E-state index in [1.807, 2.05) is 36.4 Å². The number of aromatic nitrogens is 4. The van der Waals surface area contributed by atoms with E-state index in [0.29, 0.717) is 17.6 Å². The number of benzene rings is 8. The number of hydrogen-bond donors (Lipinski definition) is 0. The Bertz CT molecular complexity index is 3060. The van der Waals surface area contributed by atoms with Gasteiger partial charge in [-0.3, -0.25) is 4.57 Å². The molecule has 0 N–H and O–H groups in total. The van der Waals surface area contributed by atoms with Gasteiger partial charge < -0.3 is 0 Å². The van der Waals surface area contributed by atoms with E-state index in [-0.39, 0.29) is 5.41 Å². The molecule has 54 heavy (non-hydrogen) atoms. The second kappa shape index (κ2) is 11.5. The van der Waals surface area contributed by atoms with Crippen molar-refractivity contribution < 1.29 is 0 Å². The van der Waals surface area contributed by atoms with Crippen molar-refractivity contribution >= 4 is 43.4 Å². The van der Waals surface area contributed by atoms with E-state index in [1.54, 1.807) is 0 Å². The number of rotatable bonds is 4. The molecule has 0 bridgehead atoms. The van der Waals surface area contributed by atoms with Crippen LogP contribution in [0.4, 0.5) is 0 Å². The zero-order chi connectivity index (χ0) is 36.0. The third kappa shape index (κ3) is 4.66. The minimum atomic E-state index is -0.0844. The Balaban J connectivity index is 1.21. The van der Waals surface area contributed by atoms with Gasteiger partial charge in [-0.25, -0.2) is 4.98 Å². The number of fused-ring (bicyclic) bond motifs is 8. The molecule has 4 heteroatoms. The molecule has 254 valence electrons. The van der Waals surface area contributed by atoms with Gasteiger partial charge in [-0.1, -0.05) is 141 Å². The minimum absolute atomic E-state index is 0.0844. The normalized spacial score (nSPS) is 13.1. The maximum atomic E-state index is 5.21. The lowest BCUT2D eigenvalue weighted by molar-refractivity contribution is 0.661. The van der Waals surface area contributed by atoms with Gasteiger partial charge in [-0.05, 0) is 97.4 Å². The van der Waals surface area contributed by atoms with Crippen molar-refractivity contribution in [2.75, 3.05) is 0 Å². The SMILES string of the molecule is CC1(C)c2ccccc2-c2cc3cc4c(cc3cc21)c1cc(-c2ccc3ccccc3c2)ccc1n4-c1nc(-c2ccccc2)nc(-c2ccccc2)n1. The smallest absolute Gasteiger partial charge is 0.238 e. The maximum Gasteiger partial charge on any atom is 0.238 e. The Morgan fingerprint density at radius 1 is 0.389 bits per heavy atom. The molecule has 2 aromatic heterocycles. The van der Waals surface area contributed by atoms with Crippen LogP contribution < -0.4 is 0 Å². The molecule has 2 heterocycles. The Labute approximate surface area is 313 Å². The molecule has 0 spiro atoms. The van der Waals surface area contributed by atoms with E-state index in [4.69, 9.17) is 15.0 Å². The number of nitrogens with zero attached hydrogens (tertiary/aromatic N) is 4. The molecule has 0 atom stereocenters. The first-order valence-electron chi connectivity index (χ1n) is 18.5. The highest BCUT2D eigenvalue weighted by Crippen LogP contribution is 2.50. The highest BCUT2D eigenvalue weighted by Gasteiger charge is 2.35. The summed E-state index contributed by atoms with van der Waals surface area (Å²) in [5.41, 5.74) is 11.6. The van der Waals surface area contributed by atoms with Crippen molar-refractivity contribution in [1.82, 2.24) is 19.5 Å². The van der Waals surface area contributed by atoms with E-state index in [9.17, 15) is 0 Å². The van der Waals surface area contributed by atoms with Crippen molar-refractivity contribution in [2.45, 2.75) is 19.3 Å². The molecule has 4 nitrogen and oxygen atoms in total. The summed E-state index contributed by atoms with van der Waals surface area (Å²) >= 11 is 0. The molecule has 0 saturated carbocycles. The zero-order valence-corrected chi connectivity index (χ0v) is 30.0. The zero-order valence-electron chi connectivity index (χ0n) is 30.0. The Kier molecular flexibility index (Phi) is 6.56. The summed E-state index contributed by atoms with van der Waals surface area (Å²) in [7, 11) is 0. The average molecular weight is 691 g/mol. The molecule has 0 amide bonds. The molecule has 11 rings (SSSR count). The Morgan fingerprint density at radius 2 is 1.00 bits per heavy atom. The molecule has 0 saturated heterocycles. The molecule has 8 aromatic carbocycles. The second-order valence-corrected chi connectivity index (χ2v) is 14.9. The van der Waals surface area contributed by atoms with E-state index in [2.05, 4.69) is 152 Å². The van der Waals surface area contributed by atoms with Crippen molar-refractivity contribution in [2.24, 2.45) is 0 Å². The fourth-order valence-corrected chi connectivity index (χ4v) is 8.62. The fraction of sp³-hybridized carbons (Fsp3) is 0.0600. The minimum Gasteiger partial charge on any atom is -0.278 e. The lowest BCUT2D eigenvalue weighted by Gasteiger charge is -2.21. The Morgan fingerprint density at radius 3 is 1.76 bits per heavy atom. The predicted molar refractivity (Wildman–Crippen MR) is 223 cm³/mol. The van der Waals surface area contributed by atoms with Crippen molar-refractivity contribution in [3.63, 3.8) is 0 Å². The standard InChI is InChI=1S/C50H34N4/c1-50(2)43-20-12-11-19-39(43)40-27-38-30-46-42(28-37(38)29-44(40)50)41-26-36(35-22-21-31-13-9-10-18-34(31)25-35)23-24-45(41)54(46)49-52-47(32-14-5-3-6-15-32)51-48(53-49)33-16-7-4-8-17-33/h3-30H,1-2H3. The third-order valence-electron chi connectivity index (χ3n) is 11.4. The summed E-state index contributed by atoms with van der Waals surface area (Å²) in [6, 6.07) is 60.8. The summed E-state index contributed by atoms with van der Waals surface area (Å²) in [5.74, 6) is 1.87. The van der Waals surface area contributed by atoms with Gasteiger partial charge in [-0.2, -0.15) is 9.97 Å². The van der Waals surface area contributed by atoms with Crippen LogP contribution in [0.5, 0.6) is 0 Å². The van der Waals surface area contributed by atoms with E-state index >= 15 is 0 Å². The van der Waals surface area contributed by atoms with Crippen LogP contribution in [0.3, 0.4) is 0 Å². The highest BCUT2D eigenvalue weighted by molar-refractivity contribution is 6.15. The number of hydrogen-bond acceptors (Lipinski definition) is 3. The van der Waals surface area contributed by atoms with Crippen LogP contribution in [0.1, 0.15) is 25.0 Å². The molecule has 1 aliphatic rings. The first kappa shape index (κ1) is 30.7. The maximum absolute atomic E-state index is 5.21. The summed E-state index contributed by atoms with van der Waals surface area (Å²) < 4.78 is 2.24. The van der Waals surface area contributed by atoms with Crippen molar-refractivity contribution in [1.29, 1.82) is 0 Å². The molecular weight excluding hydrogens is 657 g/mol. The van der Waals surface area contributed by atoms with Crippen LogP contribution >= 0.6 is 0 Å². The molecule has 10 aromatic rings. The van der Waals surface area contributed by atoms with Crippen molar-refractivity contribution in [3.8, 4) is 51.0 Å². The average Bonchev–Trinajstić information content (AvgIpc) is 3.66. The highest BCUT2D eigenvalue weighted by atomic mass is 15.2. The first-order chi connectivity index (χ1) is 26.5. The predicted octanol–water partition coefficient (Wildman–Crippen LogP) is 12.6. The van der Waals surface area contributed by atoms with Crippen molar-refractivity contribution in [3.05, 3.63) is 181 Å². The van der Waals surface area contributed by atoms with Crippen LogP contribution in [0.15, 0.2) is 170 Å². The summed E-state index contributed by atoms with van der Waals surface area (Å²) in [6.07, 6.45) is 0. The van der Waals surface area contributed by atoms with Crippen LogP contribution in [0, 0.1) is 0 Å². The van der Waals surface area contributed by atoms with Crippen LogP contribution in [-0.2, 0) is 5.41 Å². The van der Waals surface area contributed by atoms with Gasteiger partial charge in [-0.15, -0.1) is 0 Å². The van der Waals surface area contributed by atoms with Gasteiger partial charge in [0.1, 0.15) is 0 Å². The van der Waals surface area contributed by atoms with Gasteiger partial charge in [0.05, 0.1) is 11.0 Å². The first-order valence-corrected chi connectivity index (χ1v) is 18.5. The summed E-state index contributed by atoms with van der Waals surface area (Å²) in [5, 5.41) is 7.20. The molecule has 0 fully saturated rings. The molecule has 0 aliphatic heterocycles. The summed E-state index contributed by atoms with van der Waals surface area (Å²) in [4.78, 5) is 15.4. The lowest BCUT2D eigenvalue weighted by atomic mass is 9.82. The van der Waals surface area contributed by atoms with E-state index in [0.717, 1.165) is 32.9 Å². The summed E-state index contributed by atoms with van der Waals surface area (Å²) in [6.45, 7) is 4.69. The fourth-order valence-electron chi connectivity index (χ4n) is 8.62. The van der Waals surface area contributed by atoms with Gasteiger partial charge in [0.2, 0.25) is 5.95 Å². The van der Waals surface area contributed by atoms with Crippen LogP contribution in [0.25, 0.3) is 94.3 Å². The van der Waals surface area contributed by atoms with E-state index < -0.39 is 0 Å². The topological polar surface area (TPSA) is 43.6 Å². The van der Waals surface area contributed by atoms with Crippen LogP contribution in [0.2, 0.25) is 0 Å². The third-order valence-corrected chi connectivity index (χ3v) is 11.4. The largest absolute Gasteiger partial charge is 0.278 e. The molecular formula is C50H34N4. The Hall–Kier alpha value is -6.91. The van der Waals surface area contributed by atoms with Gasteiger partial charge in [0.25, 0.3) is 0 Å².